The van der Waals surface area contributed by atoms with Gasteiger partial charge >= 0.3 is 0 Å². The summed E-state index contributed by atoms with van der Waals surface area (Å²) in [5.74, 6) is -2.44. The third-order valence-corrected chi connectivity index (χ3v) is 12.8. The van der Waals surface area contributed by atoms with Crippen LogP contribution in [0.2, 0.25) is 0 Å². The number of ether oxygens (including phenoxy) is 2. The van der Waals surface area contributed by atoms with Gasteiger partial charge in [0, 0.05) is 32.7 Å². The fraction of sp³-hybridized carbons (Fsp3) is 0.933. The van der Waals surface area contributed by atoms with Crippen LogP contribution in [-0.4, -0.2) is 51.3 Å². The summed E-state index contributed by atoms with van der Waals surface area (Å²) in [6.07, 6.45) is -0.120. The van der Waals surface area contributed by atoms with Gasteiger partial charge in [-0.15, -0.1) is 5.92 Å². The van der Waals surface area contributed by atoms with Gasteiger partial charge < -0.3 is 53.6 Å². The van der Waals surface area contributed by atoms with Gasteiger partial charge in [0.05, 0.1) is 45.3 Å². The Kier molecular flexibility index (Phi) is 13.3. The van der Waals surface area contributed by atoms with Gasteiger partial charge in [0.15, 0.2) is 15.2 Å². The molecule has 201 valence electrons. The molecule has 2 heterocycles. The third kappa shape index (κ3) is 11.4. The molecule has 0 amide bonds. The van der Waals surface area contributed by atoms with E-state index in [0.717, 1.165) is 0 Å². The molecule has 0 spiro atoms. The summed E-state index contributed by atoms with van der Waals surface area (Å²) in [6.45, 7) is 5.88. The number of rotatable bonds is 12. The number of hydrogen-bond acceptors (Lipinski definition) is 14. The maximum Gasteiger partial charge on any atom is 0.272 e. The average Bonchev–Trinajstić information content (AvgIpc) is 3.07. The molecular weight excluding hydrogens is 628 g/mol. The molecule has 2 aliphatic heterocycles. The molecule has 2 aliphatic rings. The molecule has 2 saturated heterocycles. The minimum Gasteiger partial charge on any atom is -0.778 e. The maximum atomic E-state index is 12.0. The fourth-order valence-corrected chi connectivity index (χ4v) is 9.92. The van der Waals surface area contributed by atoms with Gasteiger partial charge in [0.25, 0.3) is 15.6 Å². The Morgan fingerprint density at radius 3 is 1.63 bits per heavy atom. The molecule has 35 heavy (non-hydrogen) atoms. The summed E-state index contributed by atoms with van der Waals surface area (Å²) in [4.78, 5) is 47.6. The smallest absolute Gasteiger partial charge is 0.272 e. The van der Waals surface area contributed by atoms with E-state index in [1.807, 2.05) is 6.92 Å². The minimum absolute atomic E-state index is 0. The molecule has 2 rings (SSSR count). The summed E-state index contributed by atoms with van der Waals surface area (Å²) in [7, 11) is -17.1. The molecule has 0 aromatic carbocycles. The van der Waals surface area contributed by atoms with Crippen LogP contribution in [0.5, 0.6) is 0 Å². The fourth-order valence-electron chi connectivity index (χ4n) is 3.41. The zero-order chi connectivity index (χ0) is 26.1. The van der Waals surface area contributed by atoms with Crippen molar-refractivity contribution in [1.29, 1.82) is 0 Å². The van der Waals surface area contributed by atoms with Gasteiger partial charge in [-0.1, -0.05) is 26.8 Å². The van der Waals surface area contributed by atoms with Crippen molar-refractivity contribution in [2.24, 2.45) is 17.8 Å². The van der Waals surface area contributed by atoms with Gasteiger partial charge in [-0.3, -0.25) is 17.8 Å². The van der Waals surface area contributed by atoms with Gasteiger partial charge in [-0.2, -0.15) is 0 Å². The van der Waals surface area contributed by atoms with E-state index in [1.165, 1.54) is 0 Å². The Morgan fingerprint density at radius 2 is 1.26 bits per heavy atom. The Hall–Kier alpha value is 1.69. The van der Waals surface area contributed by atoms with Crippen molar-refractivity contribution in [1.82, 2.24) is 0 Å². The van der Waals surface area contributed by atoms with E-state index in [1.54, 1.807) is 27.2 Å². The molecule has 0 N–H and O–H groups in total. The Balaban J connectivity index is 0.00000612. The number of hydrogen-bond donors (Lipinski definition) is 0. The molecule has 0 aliphatic carbocycles. The second-order valence-corrected chi connectivity index (χ2v) is 15.5. The van der Waals surface area contributed by atoms with Crippen LogP contribution in [0.3, 0.4) is 0 Å². The predicted octanol–water partition coefficient (Wildman–Crippen LogP) is -0.155. The molecule has 2 fully saturated rings. The largest absolute Gasteiger partial charge is 0.778 e. The first-order valence-corrected chi connectivity index (χ1v) is 16.5. The quantitative estimate of drug-likeness (QED) is 0.152. The molecule has 0 bridgehead atoms. The SMILES string of the molecule is [B]C1[CH-]C(C)C(COP(=O)([O-])OP(=O)([O-])CP(=O)([O-])OP(=O)([O-])OCC2OC(C)C(C)C2C)O1.[Y]. The van der Waals surface area contributed by atoms with Crippen molar-refractivity contribution < 1.29 is 97.7 Å². The Labute approximate surface area is 230 Å². The summed E-state index contributed by atoms with van der Waals surface area (Å²) in [5.41, 5.74) is 0. The second-order valence-electron chi connectivity index (χ2n) is 8.30. The van der Waals surface area contributed by atoms with E-state index >= 15 is 0 Å². The standard InChI is InChI=1S/C15H30BO14P4.Y/c1-9-5-15(16)28-13(9)6-25-33(21,22)29-31(17,18)8-32(19,20)30-34(23,24)26-7-14-11(3)10(2)12(4)27-14;/h5,9-15H,6-8H2,1-4H3,(H,17,18)(H,19,20)(H,21,22)(H,23,24);/q-1;/p-4. The molecule has 20 heteroatoms. The molecule has 11 unspecified atom stereocenters. The summed E-state index contributed by atoms with van der Waals surface area (Å²) < 4.78 is 75.0. The van der Waals surface area contributed by atoms with Crippen molar-refractivity contribution in [2.75, 3.05) is 19.1 Å². The topological polar surface area (TPSA) is 216 Å². The predicted molar refractivity (Wildman–Crippen MR) is 110 cm³/mol. The normalized spacial score (nSPS) is 38.0. The average molecular weight is 654 g/mol. The molecule has 0 saturated carbocycles. The van der Waals surface area contributed by atoms with E-state index in [9.17, 15) is 37.8 Å². The van der Waals surface area contributed by atoms with Crippen molar-refractivity contribution in [3.05, 3.63) is 6.42 Å². The van der Waals surface area contributed by atoms with Crippen molar-refractivity contribution in [3.8, 4) is 0 Å². The number of phosphoric ester groups is 2. The first-order valence-electron chi connectivity index (χ1n) is 10.2. The van der Waals surface area contributed by atoms with Crippen LogP contribution in [0.1, 0.15) is 27.7 Å². The Bertz CT molecular complexity index is 909. The summed E-state index contributed by atoms with van der Waals surface area (Å²) in [6, 6.07) is -0.773. The van der Waals surface area contributed by atoms with E-state index in [0.29, 0.717) is 0 Å². The van der Waals surface area contributed by atoms with Gasteiger partial charge in [-0.05, 0) is 18.8 Å². The van der Waals surface area contributed by atoms with Crippen molar-refractivity contribution in [2.45, 2.75) is 52.0 Å². The van der Waals surface area contributed by atoms with E-state index < -0.39 is 68.2 Å². The van der Waals surface area contributed by atoms with E-state index in [-0.39, 0.29) is 56.6 Å². The molecule has 11 atom stereocenters. The minimum atomic E-state index is -5.74. The second kappa shape index (κ2) is 13.4. The molecule has 0 aromatic rings. The van der Waals surface area contributed by atoms with Crippen molar-refractivity contribution in [3.63, 3.8) is 0 Å². The zero-order valence-electron chi connectivity index (χ0n) is 19.4. The van der Waals surface area contributed by atoms with Crippen molar-refractivity contribution >= 4 is 38.7 Å². The van der Waals surface area contributed by atoms with Crippen LogP contribution < -0.4 is 19.6 Å². The van der Waals surface area contributed by atoms with Gasteiger partial charge in [0.2, 0.25) is 0 Å². The molecule has 14 nitrogen and oxygen atoms in total. The van der Waals surface area contributed by atoms with Crippen LogP contribution >= 0.6 is 30.8 Å². The van der Waals surface area contributed by atoms with Crippen LogP contribution in [0.15, 0.2) is 0 Å². The van der Waals surface area contributed by atoms with E-state index in [2.05, 4.69) is 17.7 Å². The Morgan fingerprint density at radius 1 is 0.800 bits per heavy atom. The molecule has 3 radical (unpaired) electrons. The first-order chi connectivity index (χ1) is 15.3. The van der Waals surface area contributed by atoms with E-state index in [4.69, 9.17) is 17.3 Å². The van der Waals surface area contributed by atoms with Crippen LogP contribution in [-0.2, 0) is 78.1 Å². The van der Waals surface area contributed by atoms with Crippen LogP contribution in [0, 0.1) is 24.2 Å². The first kappa shape index (κ1) is 34.7. The zero-order valence-corrected chi connectivity index (χ0v) is 25.8. The number of phosphoric acid groups is 2. The summed E-state index contributed by atoms with van der Waals surface area (Å²) in [5, 5.41) is 0. The molecular formula is C15H26BO14P4Y-5. The monoisotopic (exact) mass is 654 g/mol. The van der Waals surface area contributed by atoms with Crippen LogP contribution in [0.4, 0.5) is 0 Å². The van der Waals surface area contributed by atoms with Gasteiger partial charge in [-0.25, -0.2) is 0 Å². The summed E-state index contributed by atoms with van der Waals surface area (Å²) >= 11 is 0. The van der Waals surface area contributed by atoms with Gasteiger partial charge in [0.1, 0.15) is 0 Å². The van der Waals surface area contributed by atoms with Crippen LogP contribution in [0.25, 0.3) is 0 Å². The third-order valence-electron chi connectivity index (χ3n) is 5.55. The maximum absolute atomic E-state index is 12.0. The molecule has 0 aromatic heterocycles.